The van der Waals surface area contributed by atoms with Gasteiger partial charge in [0.15, 0.2) is 0 Å². The third-order valence-corrected chi connectivity index (χ3v) is 5.85. The number of hydrogen-bond donors (Lipinski definition) is 2. The molecule has 0 atom stereocenters. The van der Waals surface area contributed by atoms with Gasteiger partial charge < -0.3 is 25.6 Å². The van der Waals surface area contributed by atoms with Gasteiger partial charge in [0.1, 0.15) is 12.4 Å². The van der Waals surface area contributed by atoms with Crippen molar-refractivity contribution in [3.8, 4) is 5.75 Å². The quantitative estimate of drug-likeness (QED) is 0.595. The molecule has 1 fully saturated rings. The summed E-state index contributed by atoms with van der Waals surface area (Å²) in [5, 5.41) is 2.96. The van der Waals surface area contributed by atoms with E-state index in [4.69, 9.17) is 10.5 Å². The van der Waals surface area contributed by atoms with E-state index in [-0.39, 0.29) is 17.7 Å². The summed E-state index contributed by atoms with van der Waals surface area (Å²) in [6.07, 6.45) is 2.62. The summed E-state index contributed by atoms with van der Waals surface area (Å²) in [7, 11) is 3.97. The molecule has 0 bridgehead atoms. The highest BCUT2D eigenvalue weighted by atomic mass is 16.5. The number of piperidine rings is 1. The summed E-state index contributed by atoms with van der Waals surface area (Å²) in [5.41, 5.74) is 7.90. The molecule has 32 heavy (non-hydrogen) atoms. The van der Waals surface area contributed by atoms with Crippen LogP contribution in [-0.2, 0) is 11.2 Å². The lowest BCUT2D eigenvalue weighted by atomic mass is 9.96. The van der Waals surface area contributed by atoms with Crippen LogP contribution in [0.2, 0.25) is 0 Å². The number of carbonyl (C=O) groups excluding carboxylic acids is 2. The van der Waals surface area contributed by atoms with Gasteiger partial charge in [0.2, 0.25) is 5.91 Å². The largest absolute Gasteiger partial charge is 0.491 e. The van der Waals surface area contributed by atoms with Gasteiger partial charge in [-0.3, -0.25) is 9.59 Å². The summed E-state index contributed by atoms with van der Waals surface area (Å²) < 4.78 is 5.80. The van der Waals surface area contributed by atoms with Gasteiger partial charge in [0.05, 0.1) is 5.56 Å². The van der Waals surface area contributed by atoms with Gasteiger partial charge in [-0.2, -0.15) is 0 Å². The highest BCUT2D eigenvalue weighted by molar-refractivity contribution is 6.06. The van der Waals surface area contributed by atoms with E-state index in [2.05, 4.69) is 10.2 Å². The van der Waals surface area contributed by atoms with Gasteiger partial charge >= 0.3 is 0 Å². The van der Waals surface area contributed by atoms with Crippen LogP contribution < -0.4 is 15.8 Å². The Morgan fingerprint density at radius 2 is 1.78 bits per heavy atom. The van der Waals surface area contributed by atoms with Crippen molar-refractivity contribution in [3.05, 3.63) is 59.7 Å². The van der Waals surface area contributed by atoms with E-state index in [9.17, 15) is 9.59 Å². The van der Waals surface area contributed by atoms with E-state index in [1.54, 1.807) is 6.07 Å². The van der Waals surface area contributed by atoms with Crippen LogP contribution in [0.15, 0.2) is 48.5 Å². The lowest BCUT2D eigenvalue weighted by Gasteiger charge is -2.30. The number of anilines is 1. The maximum absolute atomic E-state index is 12.8. The zero-order valence-electron chi connectivity index (χ0n) is 19.0. The third kappa shape index (κ3) is 7.07. The number of likely N-dealkylation sites (N-methyl/N-ethyl adjacent to an activating group) is 1. The minimum absolute atomic E-state index is 0.0256. The van der Waals surface area contributed by atoms with Crippen molar-refractivity contribution in [3.63, 3.8) is 0 Å². The Balaban J connectivity index is 1.49. The van der Waals surface area contributed by atoms with Gasteiger partial charge in [0, 0.05) is 24.7 Å². The Bertz CT molecular complexity index is 890. The van der Waals surface area contributed by atoms with Crippen LogP contribution in [0.25, 0.3) is 0 Å². The van der Waals surface area contributed by atoms with Crippen molar-refractivity contribution < 1.29 is 14.3 Å². The number of hydrogen-bond acceptors (Lipinski definition) is 5. The molecule has 3 rings (SSSR count). The number of likely N-dealkylation sites (tertiary alicyclic amines) is 1. The van der Waals surface area contributed by atoms with Gasteiger partial charge in [-0.05, 0) is 76.3 Å². The number of primary amides is 1. The number of carbonyl (C=O) groups is 2. The number of para-hydroxylation sites is 1. The van der Waals surface area contributed by atoms with E-state index in [0.717, 1.165) is 51.1 Å². The van der Waals surface area contributed by atoms with Crippen molar-refractivity contribution in [2.24, 2.45) is 11.7 Å². The number of ether oxygens (including phenoxy) is 1. The van der Waals surface area contributed by atoms with Crippen LogP contribution in [-0.4, -0.2) is 68.5 Å². The molecule has 1 aliphatic heterocycles. The molecule has 3 N–H and O–H groups in total. The summed E-state index contributed by atoms with van der Waals surface area (Å²) in [4.78, 5) is 28.5. The van der Waals surface area contributed by atoms with Crippen molar-refractivity contribution in [2.45, 2.75) is 19.3 Å². The molecule has 0 radical (unpaired) electrons. The SMILES string of the molecule is CN(C)CCOc1ccccc1C(=O)Nc1ccc(CCN2CCC(C(N)=O)CC2)cc1. The van der Waals surface area contributed by atoms with Crippen LogP contribution >= 0.6 is 0 Å². The average Bonchev–Trinajstić information content (AvgIpc) is 2.79. The molecule has 0 aliphatic carbocycles. The van der Waals surface area contributed by atoms with E-state index in [1.807, 2.05) is 61.5 Å². The first kappa shape index (κ1) is 23.8. The summed E-state index contributed by atoms with van der Waals surface area (Å²) >= 11 is 0. The van der Waals surface area contributed by atoms with E-state index in [1.165, 1.54) is 5.56 Å². The van der Waals surface area contributed by atoms with Crippen molar-refractivity contribution in [1.82, 2.24) is 9.80 Å². The molecule has 2 amide bonds. The van der Waals surface area contributed by atoms with Gasteiger partial charge in [-0.1, -0.05) is 24.3 Å². The smallest absolute Gasteiger partial charge is 0.259 e. The number of benzene rings is 2. The van der Waals surface area contributed by atoms with E-state index in [0.29, 0.717) is 17.9 Å². The summed E-state index contributed by atoms with van der Waals surface area (Å²) in [5.74, 6) is 0.252. The fourth-order valence-corrected chi connectivity index (χ4v) is 3.80. The Morgan fingerprint density at radius 1 is 1.09 bits per heavy atom. The van der Waals surface area contributed by atoms with Crippen molar-refractivity contribution in [1.29, 1.82) is 0 Å². The molecule has 7 heteroatoms. The first-order valence-electron chi connectivity index (χ1n) is 11.2. The third-order valence-electron chi connectivity index (χ3n) is 5.85. The van der Waals surface area contributed by atoms with Crippen LogP contribution in [0.3, 0.4) is 0 Å². The topological polar surface area (TPSA) is 87.9 Å². The van der Waals surface area contributed by atoms with Gasteiger partial charge in [-0.25, -0.2) is 0 Å². The first-order chi connectivity index (χ1) is 15.4. The number of amides is 2. The Labute approximate surface area is 190 Å². The van der Waals surface area contributed by atoms with Crippen LogP contribution in [0.5, 0.6) is 5.75 Å². The normalized spacial score (nSPS) is 15.0. The number of rotatable bonds is 10. The zero-order valence-corrected chi connectivity index (χ0v) is 19.0. The second-order valence-corrected chi connectivity index (χ2v) is 8.57. The molecular formula is C25H34N4O3. The molecule has 7 nitrogen and oxygen atoms in total. The maximum Gasteiger partial charge on any atom is 0.259 e. The second-order valence-electron chi connectivity index (χ2n) is 8.57. The zero-order chi connectivity index (χ0) is 22.9. The van der Waals surface area contributed by atoms with E-state index < -0.39 is 0 Å². The Morgan fingerprint density at radius 3 is 2.44 bits per heavy atom. The predicted octanol–water partition coefficient (Wildman–Crippen LogP) is 2.62. The highest BCUT2D eigenvalue weighted by Gasteiger charge is 2.22. The fourth-order valence-electron chi connectivity index (χ4n) is 3.80. The summed E-state index contributed by atoms with van der Waals surface area (Å²) in [6.45, 7) is 4.08. The fraction of sp³-hybridized carbons (Fsp3) is 0.440. The van der Waals surface area contributed by atoms with Crippen LogP contribution in [0.4, 0.5) is 5.69 Å². The molecule has 172 valence electrons. The molecular weight excluding hydrogens is 404 g/mol. The molecule has 0 unspecified atom stereocenters. The van der Waals surface area contributed by atoms with Crippen molar-refractivity contribution >= 4 is 17.5 Å². The molecule has 1 heterocycles. The number of nitrogens with one attached hydrogen (secondary N) is 1. The van der Waals surface area contributed by atoms with Gasteiger partial charge in [-0.15, -0.1) is 0 Å². The average molecular weight is 439 g/mol. The minimum Gasteiger partial charge on any atom is -0.491 e. The summed E-state index contributed by atoms with van der Waals surface area (Å²) in [6, 6.07) is 15.3. The monoisotopic (exact) mass is 438 g/mol. The molecule has 2 aromatic rings. The predicted molar refractivity (Wildman–Crippen MR) is 127 cm³/mol. The van der Waals surface area contributed by atoms with Crippen LogP contribution in [0.1, 0.15) is 28.8 Å². The highest BCUT2D eigenvalue weighted by Crippen LogP contribution is 2.21. The first-order valence-corrected chi connectivity index (χ1v) is 11.2. The molecule has 2 aromatic carbocycles. The lowest BCUT2D eigenvalue weighted by molar-refractivity contribution is -0.123. The van der Waals surface area contributed by atoms with Gasteiger partial charge in [0.25, 0.3) is 5.91 Å². The maximum atomic E-state index is 12.8. The lowest BCUT2D eigenvalue weighted by Crippen LogP contribution is -2.39. The van der Waals surface area contributed by atoms with Crippen LogP contribution in [0, 0.1) is 5.92 Å². The second kappa shape index (κ2) is 11.6. The number of nitrogens with zero attached hydrogens (tertiary/aromatic N) is 2. The standard InChI is InChI=1S/C25H34N4O3/c1-28(2)17-18-32-23-6-4-3-5-22(23)25(31)27-21-9-7-19(8-10-21)11-14-29-15-12-20(13-16-29)24(26)30/h3-10,20H,11-18H2,1-2H3,(H2,26,30)(H,27,31). The van der Waals surface area contributed by atoms with E-state index >= 15 is 0 Å². The molecule has 1 aliphatic rings. The minimum atomic E-state index is -0.185. The molecule has 0 saturated carbocycles. The van der Waals surface area contributed by atoms with Crippen molar-refractivity contribution in [2.75, 3.05) is 52.2 Å². The Hall–Kier alpha value is -2.90. The molecule has 0 spiro atoms. The number of nitrogens with two attached hydrogens (primary N) is 1. The molecule has 1 saturated heterocycles. The molecule has 0 aromatic heterocycles. The Kier molecular flexibility index (Phi) is 8.64.